The van der Waals surface area contributed by atoms with Crippen molar-refractivity contribution < 1.29 is 134 Å². The summed E-state index contributed by atoms with van der Waals surface area (Å²) in [5.74, 6) is -15.0. The first-order chi connectivity index (χ1) is 59.8. The molecule has 2 saturated heterocycles. The van der Waals surface area contributed by atoms with E-state index in [-0.39, 0.29) is 180 Å². The first kappa shape index (κ1) is 106. The van der Waals surface area contributed by atoms with Crippen LogP contribution in [0.5, 0.6) is 0 Å². The first-order valence-corrected chi connectivity index (χ1v) is 43.3. The molecule has 0 aliphatic carbocycles. The lowest BCUT2D eigenvalue weighted by Crippen LogP contribution is -2.60. The molecule has 14 amide bonds. The van der Waals surface area contributed by atoms with E-state index in [2.05, 4.69) is 79.6 Å². The number of rotatable bonds is 56. The lowest BCUT2D eigenvalue weighted by Gasteiger charge is -2.27. The highest BCUT2D eigenvalue weighted by atomic mass is 33.1. The molecule has 0 saturated carbocycles. The van der Waals surface area contributed by atoms with E-state index in [0.717, 1.165) is 33.3 Å². The number of amides is 14. The lowest BCUT2D eigenvalue weighted by atomic mass is 10.0. The van der Waals surface area contributed by atoms with E-state index in [4.69, 9.17) is 69.1 Å². The average molecular weight is 1820 g/mol. The molecule has 124 heavy (non-hydrogen) atoms. The molecule has 692 valence electrons. The highest BCUT2D eigenvalue weighted by Crippen LogP contribution is 2.24. The van der Waals surface area contributed by atoms with Gasteiger partial charge in [-0.1, -0.05) is 69.2 Å². The van der Waals surface area contributed by atoms with Crippen molar-refractivity contribution >= 4 is 134 Å². The van der Waals surface area contributed by atoms with Crippen molar-refractivity contribution in [2.24, 2.45) is 16.6 Å². The molecule has 2 aliphatic heterocycles. The summed E-state index contributed by atoms with van der Waals surface area (Å²) in [6, 6.07) is 3.08. The summed E-state index contributed by atoms with van der Waals surface area (Å²) in [4.78, 5) is 205. The number of carboxylic acid groups (broad SMARTS) is 1. The summed E-state index contributed by atoms with van der Waals surface area (Å²) in [5.41, 5.74) is 11.6. The van der Waals surface area contributed by atoms with Crippen LogP contribution >= 0.6 is 33.3 Å². The molecule has 0 unspecified atom stereocenters. The van der Waals surface area contributed by atoms with Gasteiger partial charge in [0.1, 0.15) is 74.5 Å². The number of carboxylic acids is 1. The van der Waals surface area contributed by atoms with Crippen molar-refractivity contribution in [1.82, 2.24) is 74.4 Å². The third-order valence-electron chi connectivity index (χ3n) is 16.6. The van der Waals surface area contributed by atoms with Gasteiger partial charge in [-0.15, -0.1) is 11.8 Å². The Morgan fingerprint density at radius 1 is 0.460 bits per heavy atom. The van der Waals surface area contributed by atoms with Gasteiger partial charge < -0.3 is 143 Å². The highest BCUT2D eigenvalue weighted by Gasteiger charge is 2.36. The van der Waals surface area contributed by atoms with Crippen LogP contribution in [0.4, 0.5) is 4.39 Å². The second-order valence-electron chi connectivity index (χ2n) is 26.7. The SMILES string of the molecule is N=C(N)NCCC[C@@H]1NC(=O)[C@@H]2CSSC[C@H](NC(=O)[C@H](CC(=O)O)NC(=O)CNC1=O)C(=O)N[C@@H](Cc1ccccc1)C(=O)N[C@H](C(=O)NCCOCCOCCOCCNC(=O)COCC(N)=O)CSCC(=O)N[C@@H](CCCCNC(=O)COCC(=O)NCCOCCOCCOCCOCCOCCNC(=O)CO/N=C/c1ccc(F)cc1)C(=O)N2. The standard InChI is InChI=1S/C75H115FN18O27S3/c76-52-13-11-51(12-14-52)39-87-121-45-65(100)83-19-23-113-27-31-117-34-36-118-35-33-116-30-26-112-22-18-82-64(99)44-120-43-62(97)80-15-5-4-9-54-70(106)93-58-47-123-124-48-59(94-72(108)56(38-67(102)103)89-61(96)40-86-68(104)53(90-73(58)109)10-6-16-85-75(78)79)74(110)91-55(37-50-7-2-1-3-8-50)71(107)92-57(46-122-49-66(101)88-54)69(105)84-20-24-114-28-32-115-29-25-111-21-17-81-63(98)42-119-41-60(77)95/h1-3,7-8,11-14,39,53-59H,4-6,9-10,15-38,40-49H2,(H2,77,95)(H,80,97)(H,81,98)(H,82,99)(H,83,100)(H,84,105)(H,86,104)(H,88,101)(H,89,96)(H,90,109)(H,91,110)(H,92,107)(H,93,106)(H,94,108)(H,102,103)(H4,78,79,85)/b87-39+/t53-,54-,55-,56-,57-,58-,59-/m0/s1. The Balaban J connectivity index is 1.35. The van der Waals surface area contributed by atoms with Crippen LogP contribution in [0.15, 0.2) is 59.8 Å². The Kier molecular flexibility index (Phi) is 56.8. The van der Waals surface area contributed by atoms with Crippen molar-refractivity contribution in [3.63, 3.8) is 0 Å². The number of unbranched alkanes of at least 4 members (excludes halogenated alkanes) is 1. The molecular formula is C75H115FN18O27S3. The Morgan fingerprint density at radius 3 is 1.42 bits per heavy atom. The second kappa shape index (κ2) is 66.3. The van der Waals surface area contributed by atoms with Gasteiger partial charge in [-0.05, 0) is 55.4 Å². The Morgan fingerprint density at radius 2 is 0.903 bits per heavy atom. The number of oxime groups is 1. The number of nitrogens with one attached hydrogen (secondary N) is 15. The number of thioether (sulfide) groups is 1. The number of aliphatic carboxylic acids is 1. The number of hydrogen-bond acceptors (Lipinski definition) is 31. The zero-order valence-electron chi connectivity index (χ0n) is 68.7. The fraction of sp³-hybridized carbons (Fsp3) is 0.613. The smallest absolute Gasteiger partial charge is 0.305 e. The van der Waals surface area contributed by atoms with Crippen molar-refractivity contribution in [3.05, 3.63) is 71.5 Å². The van der Waals surface area contributed by atoms with E-state index in [0.29, 0.717) is 50.8 Å². The molecule has 0 radical (unpaired) electrons. The summed E-state index contributed by atoms with van der Waals surface area (Å²) in [5, 5.41) is 57.2. The third-order valence-corrected chi connectivity index (χ3v) is 20.1. The monoisotopic (exact) mass is 1810 g/mol. The molecule has 4 rings (SSSR count). The summed E-state index contributed by atoms with van der Waals surface area (Å²) < 4.78 is 67.1. The van der Waals surface area contributed by atoms with Crippen LogP contribution in [0.2, 0.25) is 0 Å². The van der Waals surface area contributed by atoms with E-state index in [1.165, 1.54) is 30.5 Å². The molecule has 2 heterocycles. The summed E-state index contributed by atoms with van der Waals surface area (Å²) in [6.07, 6.45) is 0.314. The van der Waals surface area contributed by atoms with Gasteiger partial charge in [-0.2, -0.15) is 0 Å². The molecule has 2 bridgehead atoms. The quantitative estimate of drug-likeness (QED) is 0.00962. The maximum Gasteiger partial charge on any atom is 0.305 e. The predicted molar refractivity (Wildman–Crippen MR) is 447 cm³/mol. The van der Waals surface area contributed by atoms with E-state index in [9.17, 15) is 81.4 Å². The van der Waals surface area contributed by atoms with E-state index in [1.54, 1.807) is 30.3 Å². The van der Waals surface area contributed by atoms with Crippen LogP contribution in [0, 0.1) is 11.2 Å². The molecule has 2 fully saturated rings. The number of carbonyl (C=O) groups is 15. The number of nitrogens with two attached hydrogens (primary N) is 2. The molecule has 49 heteroatoms. The van der Waals surface area contributed by atoms with Gasteiger partial charge in [-0.3, -0.25) is 77.3 Å². The lowest BCUT2D eigenvalue weighted by molar-refractivity contribution is -0.141. The van der Waals surface area contributed by atoms with Gasteiger partial charge in [0.2, 0.25) is 76.8 Å². The minimum absolute atomic E-state index is 0.0238. The maximum absolute atomic E-state index is 14.7. The zero-order valence-corrected chi connectivity index (χ0v) is 71.1. The largest absolute Gasteiger partial charge is 0.481 e. The van der Waals surface area contributed by atoms with Crippen LogP contribution in [0.1, 0.15) is 49.7 Å². The highest BCUT2D eigenvalue weighted by molar-refractivity contribution is 8.76. The van der Waals surface area contributed by atoms with Crippen LogP contribution in [-0.4, -0.2) is 356 Å². The van der Waals surface area contributed by atoms with E-state index < -0.39 is 175 Å². The van der Waals surface area contributed by atoms with E-state index >= 15 is 0 Å². The second-order valence-corrected chi connectivity index (χ2v) is 30.3. The number of fused-ring (bicyclic) bond motifs is 5. The van der Waals surface area contributed by atoms with Crippen LogP contribution in [-0.2, 0) is 131 Å². The van der Waals surface area contributed by atoms with E-state index in [1.807, 2.05) is 0 Å². The zero-order chi connectivity index (χ0) is 90.2. The molecule has 2 aromatic rings. The topological polar surface area (TPSA) is 634 Å². The molecular weight excluding hydrogens is 1700 g/mol. The molecule has 7 atom stereocenters. The van der Waals surface area contributed by atoms with Crippen LogP contribution in [0.3, 0.4) is 0 Å². The van der Waals surface area contributed by atoms with Crippen molar-refractivity contribution in [3.8, 4) is 0 Å². The van der Waals surface area contributed by atoms with Crippen molar-refractivity contribution in [2.75, 3.05) is 208 Å². The number of nitrogens with zero attached hydrogens (tertiary/aromatic N) is 1. The Labute approximate surface area is 727 Å². The minimum Gasteiger partial charge on any atom is -0.481 e. The Hall–Kier alpha value is -10.2. The van der Waals surface area contributed by atoms with Gasteiger partial charge in [-0.25, -0.2) is 4.39 Å². The molecule has 2 aromatic carbocycles. The average Bonchev–Trinajstić information content (AvgIpc) is 0.991. The number of primary amides is 1. The number of hydrogen-bond donors (Lipinski definition) is 18. The number of guanidine groups is 1. The van der Waals surface area contributed by atoms with Crippen LogP contribution < -0.4 is 85.9 Å². The third kappa shape index (κ3) is 52.4. The van der Waals surface area contributed by atoms with Crippen LogP contribution in [0.25, 0.3) is 0 Å². The summed E-state index contributed by atoms with van der Waals surface area (Å²) >= 11 is 0.863. The van der Waals surface area contributed by atoms with Gasteiger partial charge in [0.25, 0.3) is 5.91 Å². The van der Waals surface area contributed by atoms with Gasteiger partial charge in [0, 0.05) is 62.9 Å². The van der Waals surface area contributed by atoms with Gasteiger partial charge in [0.05, 0.1) is 131 Å². The molecule has 20 N–H and O–H groups in total. The number of carbonyl (C=O) groups excluding carboxylic acids is 14. The number of ether oxygens (including phenoxy) is 10. The van der Waals surface area contributed by atoms with Crippen molar-refractivity contribution in [1.29, 1.82) is 5.41 Å². The number of halogens is 1. The number of benzene rings is 2. The fourth-order valence-electron chi connectivity index (χ4n) is 10.5. The normalized spacial score (nSPS) is 18.5. The fourth-order valence-corrected chi connectivity index (χ4v) is 13.7. The molecule has 0 aromatic heterocycles. The van der Waals surface area contributed by atoms with Crippen molar-refractivity contribution in [2.45, 2.75) is 87.2 Å². The predicted octanol–water partition coefficient (Wildman–Crippen LogP) is -6.79. The molecule has 0 spiro atoms. The van der Waals surface area contributed by atoms with Gasteiger partial charge in [0.15, 0.2) is 12.6 Å². The summed E-state index contributed by atoms with van der Waals surface area (Å²) in [6.45, 7) is 1.05. The Bertz CT molecular complexity index is 3660. The van der Waals surface area contributed by atoms with Gasteiger partial charge >= 0.3 is 5.97 Å². The summed E-state index contributed by atoms with van der Waals surface area (Å²) in [7, 11) is 1.77. The minimum atomic E-state index is -1.86. The first-order valence-electron chi connectivity index (χ1n) is 39.7. The molecule has 2 aliphatic rings. The molecule has 45 nitrogen and oxygen atoms in total. The maximum atomic E-state index is 14.7.